The number of allylic oxidation sites excluding steroid dienone is 2. The molecule has 0 aliphatic rings. The molecule has 0 fully saturated rings. The van der Waals surface area contributed by atoms with Gasteiger partial charge in [-0.05, 0) is 25.0 Å². The van der Waals surface area contributed by atoms with Crippen LogP contribution in [0.1, 0.15) is 71.6 Å². The second-order valence-corrected chi connectivity index (χ2v) is 5.17. The van der Waals surface area contributed by atoms with Crippen LogP contribution in [0.3, 0.4) is 0 Å². The molecule has 0 heterocycles. The van der Waals surface area contributed by atoms with Crippen molar-refractivity contribution in [2.24, 2.45) is 0 Å². The van der Waals surface area contributed by atoms with Crippen molar-refractivity contribution < 1.29 is 10.2 Å². The highest BCUT2D eigenvalue weighted by Crippen LogP contribution is 2.07. The molecular formula is C17H31O2. The fraction of sp³-hybridized carbons (Fsp3) is 0.765. The second-order valence-electron chi connectivity index (χ2n) is 5.17. The minimum absolute atomic E-state index is 0.380. The summed E-state index contributed by atoms with van der Waals surface area (Å²) in [7, 11) is 0. The summed E-state index contributed by atoms with van der Waals surface area (Å²) in [5.74, 6) is 0. The van der Waals surface area contributed by atoms with Gasteiger partial charge in [0.25, 0.3) is 0 Å². The average molecular weight is 267 g/mol. The van der Waals surface area contributed by atoms with Crippen molar-refractivity contribution in [3.63, 3.8) is 0 Å². The van der Waals surface area contributed by atoms with Gasteiger partial charge in [0, 0.05) is 0 Å². The van der Waals surface area contributed by atoms with Crippen molar-refractivity contribution in [2.75, 3.05) is 0 Å². The predicted molar refractivity (Wildman–Crippen MR) is 81.9 cm³/mol. The number of aliphatic hydroxyl groups is 2. The monoisotopic (exact) mass is 267 g/mol. The van der Waals surface area contributed by atoms with Gasteiger partial charge in [0.15, 0.2) is 0 Å². The third-order valence-electron chi connectivity index (χ3n) is 3.16. The molecule has 0 aliphatic carbocycles. The van der Waals surface area contributed by atoms with Crippen LogP contribution in [0, 0.1) is 6.08 Å². The third kappa shape index (κ3) is 13.6. The summed E-state index contributed by atoms with van der Waals surface area (Å²) in [6, 6.07) is 0. The van der Waals surface area contributed by atoms with Gasteiger partial charge in [-0.3, -0.25) is 0 Å². The van der Waals surface area contributed by atoms with Gasteiger partial charge in [0.2, 0.25) is 0 Å². The molecule has 2 atom stereocenters. The highest BCUT2D eigenvalue weighted by atomic mass is 16.3. The first-order valence-corrected chi connectivity index (χ1v) is 7.82. The van der Waals surface area contributed by atoms with E-state index in [9.17, 15) is 10.2 Å². The van der Waals surface area contributed by atoms with Gasteiger partial charge in [-0.2, -0.15) is 0 Å². The van der Waals surface area contributed by atoms with Crippen LogP contribution in [0.4, 0.5) is 0 Å². The first-order chi connectivity index (χ1) is 9.20. The highest BCUT2D eigenvalue weighted by Gasteiger charge is 1.99. The van der Waals surface area contributed by atoms with E-state index in [1.165, 1.54) is 32.1 Å². The fourth-order valence-corrected chi connectivity index (χ4v) is 1.90. The van der Waals surface area contributed by atoms with Crippen LogP contribution in [0.2, 0.25) is 0 Å². The smallest absolute Gasteiger partial charge is 0.0729 e. The van der Waals surface area contributed by atoms with E-state index in [1.807, 2.05) is 0 Å². The van der Waals surface area contributed by atoms with Crippen molar-refractivity contribution in [1.82, 2.24) is 0 Å². The zero-order valence-electron chi connectivity index (χ0n) is 12.6. The average Bonchev–Trinajstić information content (AvgIpc) is 2.40. The first-order valence-electron chi connectivity index (χ1n) is 7.82. The maximum absolute atomic E-state index is 9.67. The Kier molecular flexibility index (Phi) is 13.4. The summed E-state index contributed by atoms with van der Waals surface area (Å²) in [5.41, 5.74) is 0. The van der Waals surface area contributed by atoms with Gasteiger partial charge < -0.3 is 10.2 Å². The van der Waals surface area contributed by atoms with Crippen LogP contribution in [-0.2, 0) is 0 Å². The number of rotatable bonds is 12. The van der Waals surface area contributed by atoms with E-state index in [-0.39, 0.29) is 6.10 Å². The van der Waals surface area contributed by atoms with Gasteiger partial charge in [0.1, 0.15) is 0 Å². The first kappa shape index (κ1) is 18.4. The lowest BCUT2D eigenvalue weighted by Crippen LogP contribution is -2.02. The molecule has 0 aliphatic heterocycles. The SMILES string of the molecule is CCCCCCC(O)/C=[C]/C=C\C(O)CCCCC. The molecule has 0 aromatic heterocycles. The summed E-state index contributed by atoms with van der Waals surface area (Å²) < 4.78 is 0. The van der Waals surface area contributed by atoms with Crippen LogP contribution < -0.4 is 0 Å². The molecular weight excluding hydrogens is 236 g/mol. The van der Waals surface area contributed by atoms with Crippen LogP contribution in [0.5, 0.6) is 0 Å². The van der Waals surface area contributed by atoms with Crippen molar-refractivity contribution in [2.45, 2.75) is 83.8 Å². The summed E-state index contributed by atoms with van der Waals surface area (Å²) in [4.78, 5) is 0. The van der Waals surface area contributed by atoms with Gasteiger partial charge in [-0.1, -0.05) is 70.9 Å². The largest absolute Gasteiger partial charge is 0.389 e. The van der Waals surface area contributed by atoms with Gasteiger partial charge in [-0.25, -0.2) is 0 Å². The molecule has 2 unspecified atom stereocenters. The van der Waals surface area contributed by atoms with E-state index < -0.39 is 6.10 Å². The van der Waals surface area contributed by atoms with Crippen molar-refractivity contribution in [3.05, 3.63) is 24.3 Å². The van der Waals surface area contributed by atoms with Crippen molar-refractivity contribution in [3.8, 4) is 0 Å². The van der Waals surface area contributed by atoms with Crippen LogP contribution >= 0.6 is 0 Å². The van der Waals surface area contributed by atoms with E-state index in [0.29, 0.717) is 0 Å². The standard InChI is InChI=1S/C17H31O2/c1-3-5-7-9-13-17(19)15-11-10-14-16(18)12-8-6-4-2/h10,14-19H,3-9,12-13H2,1-2H3/b14-10-,15-11?. The lowest BCUT2D eigenvalue weighted by molar-refractivity contribution is 0.206. The number of hydrogen-bond acceptors (Lipinski definition) is 2. The van der Waals surface area contributed by atoms with Gasteiger partial charge >= 0.3 is 0 Å². The van der Waals surface area contributed by atoms with Crippen LogP contribution in [-0.4, -0.2) is 22.4 Å². The van der Waals surface area contributed by atoms with Gasteiger partial charge in [0.05, 0.1) is 12.2 Å². The zero-order valence-corrected chi connectivity index (χ0v) is 12.6. The molecule has 0 aromatic carbocycles. The number of unbranched alkanes of at least 4 members (excludes halogenated alkanes) is 5. The number of hydrogen-bond donors (Lipinski definition) is 2. The van der Waals surface area contributed by atoms with Crippen LogP contribution in [0.15, 0.2) is 18.2 Å². The molecule has 0 bridgehead atoms. The zero-order chi connectivity index (χ0) is 14.3. The molecule has 111 valence electrons. The van der Waals surface area contributed by atoms with Crippen molar-refractivity contribution >= 4 is 0 Å². The summed E-state index contributed by atoms with van der Waals surface area (Å²) in [6.45, 7) is 4.33. The van der Waals surface area contributed by atoms with E-state index in [2.05, 4.69) is 19.9 Å². The van der Waals surface area contributed by atoms with Crippen LogP contribution in [0.25, 0.3) is 0 Å². The van der Waals surface area contributed by atoms with Gasteiger partial charge in [-0.15, -0.1) is 0 Å². The predicted octanol–water partition coefficient (Wildman–Crippen LogP) is 4.17. The molecule has 2 nitrogen and oxygen atoms in total. The maximum atomic E-state index is 9.67. The Bertz CT molecular complexity index is 233. The Morgan fingerprint density at radius 3 is 2.11 bits per heavy atom. The number of aliphatic hydroxyl groups excluding tert-OH is 2. The minimum atomic E-state index is -0.404. The lowest BCUT2D eigenvalue weighted by Gasteiger charge is -2.04. The fourth-order valence-electron chi connectivity index (χ4n) is 1.90. The molecule has 2 N–H and O–H groups in total. The molecule has 1 radical (unpaired) electrons. The summed E-state index contributed by atoms with van der Waals surface area (Å²) in [6.07, 6.45) is 17.0. The Hall–Kier alpha value is -0.600. The summed E-state index contributed by atoms with van der Waals surface area (Å²) in [5, 5.41) is 19.3. The van der Waals surface area contributed by atoms with E-state index in [1.54, 1.807) is 18.2 Å². The normalized spacial score (nSPS) is 15.4. The second kappa shape index (κ2) is 13.8. The summed E-state index contributed by atoms with van der Waals surface area (Å²) >= 11 is 0. The molecule has 2 heteroatoms. The quantitative estimate of drug-likeness (QED) is 0.411. The molecule has 0 rings (SSSR count). The Morgan fingerprint density at radius 2 is 1.42 bits per heavy atom. The minimum Gasteiger partial charge on any atom is -0.389 e. The Labute approximate surface area is 119 Å². The molecule has 0 amide bonds. The lowest BCUT2D eigenvalue weighted by atomic mass is 10.1. The molecule has 0 saturated carbocycles. The topological polar surface area (TPSA) is 40.5 Å². The highest BCUT2D eigenvalue weighted by molar-refractivity contribution is 5.00. The Morgan fingerprint density at radius 1 is 0.842 bits per heavy atom. The van der Waals surface area contributed by atoms with E-state index in [4.69, 9.17) is 0 Å². The maximum Gasteiger partial charge on any atom is 0.0729 e. The molecule has 19 heavy (non-hydrogen) atoms. The molecule has 0 spiro atoms. The molecule has 0 saturated heterocycles. The molecule has 0 aromatic rings. The van der Waals surface area contributed by atoms with Crippen molar-refractivity contribution in [1.29, 1.82) is 0 Å². The van der Waals surface area contributed by atoms with E-state index >= 15 is 0 Å². The Balaban J connectivity index is 3.62. The third-order valence-corrected chi connectivity index (χ3v) is 3.16. The van der Waals surface area contributed by atoms with E-state index in [0.717, 1.165) is 25.7 Å².